The predicted molar refractivity (Wildman–Crippen MR) is 163 cm³/mol. The van der Waals surface area contributed by atoms with Gasteiger partial charge in [-0.2, -0.15) is 0 Å². The summed E-state index contributed by atoms with van der Waals surface area (Å²) in [7, 11) is 0. The Morgan fingerprint density at radius 3 is 1.59 bits per heavy atom. The molecule has 6 nitrogen and oxygen atoms in total. The Morgan fingerprint density at radius 2 is 1.12 bits per heavy atom. The van der Waals surface area contributed by atoms with Gasteiger partial charge in [0.1, 0.15) is 5.75 Å². The van der Waals surface area contributed by atoms with Crippen molar-refractivity contribution in [3.05, 3.63) is 102 Å². The molecule has 0 aromatic heterocycles. The zero-order valence-corrected chi connectivity index (χ0v) is 24.1. The number of carbonyl (C=O) groups is 2. The van der Waals surface area contributed by atoms with Gasteiger partial charge in [-0.15, -0.1) is 0 Å². The zero-order chi connectivity index (χ0) is 29.6. The normalized spacial score (nSPS) is 10.6. The van der Waals surface area contributed by atoms with Crippen LogP contribution >= 0.6 is 0 Å². The van der Waals surface area contributed by atoms with Gasteiger partial charge >= 0.3 is 11.9 Å². The number of hydrogen-bond acceptors (Lipinski definition) is 6. The van der Waals surface area contributed by atoms with Crippen LogP contribution in [-0.4, -0.2) is 43.5 Å². The number of rotatable bonds is 16. The fraction of sp³-hybridized carbons (Fsp3) is 0.314. The van der Waals surface area contributed by atoms with Gasteiger partial charge in [-0.25, -0.2) is 9.59 Å². The highest BCUT2D eigenvalue weighted by atomic mass is 16.5. The number of carbonyl (C=O) groups excluding carboxylic acids is 2. The average Bonchev–Trinajstić information content (AvgIpc) is 2.98. The second kappa shape index (κ2) is 16.2. The van der Waals surface area contributed by atoms with Crippen LogP contribution in [0, 0.1) is 0 Å². The number of hydrogen-bond donors (Lipinski definition) is 1. The summed E-state index contributed by atoms with van der Waals surface area (Å²) in [5.74, 6) is -0.0380. The van der Waals surface area contributed by atoms with E-state index in [1.54, 1.807) is 13.8 Å². The lowest BCUT2D eigenvalue weighted by Crippen LogP contribution is -2.10. The highest BCUT2D eigenvalue weighted by Gasteiger charge is 2.15. The number of aliphatic hydroxyl groups is 1. The number of esters is 2. The molecule has 0 aliphatic heterocycles. The molecular formula is C35H40O6. The summed E-state index contributed by atoms with van der Waals surface area (Å²) < 4.78 is 16.8. The lowest BCUT2D eigenvalue weighted by Gasteiger charge is -2.19. The third kappa shape index (κ3) is 9.76. The quantitative estimate of drug-likeness (QED) is 0.118. The van der Waals surface area contributed by atoms with Crippen LogP contribution in [0.2, 0.25) is 0 Å². The molecule has 3 aromatic carbocycles. The van der Waals surface area contributed by atoms with Crippen LogP contribution in [0.4, 0.5) is 0 Å². The van der Waals surface area contributed by atoms with Gasteiger partial charge in [-0.05, 0) is 85.0 Å². The maximum Gasteiger partial charge on any atom is 0.333 e. The zero-order valence-electron chi connectivity index (χ0n) is 24.1. The van der Waals surface area contributed by atoms with E-state index >= 15 is 0 Å². The minimum Gasteiger partial charge on any atom is -0.493 e. The van der Waals surface area contributed by atoms with Crippen molar-refractivity contribution in [3.63, 3.8) is 0 Å². The Bertz CT molecular complexity index is 1270. The third-order valence-electron chi connectivity index (χ3n) is 6.46. The Labute approximate surface area is 243 Å². The summed E-state index contributed by atoms with van der Waals surface area (Å²) in [6, 6.07) is 22.9. The molecule has 0 heterocycles. The van der Waals surface area contributed by atoms with Gasteiger partial charge < -0.3 is 19.3 Å². The van der Waals surface area contributed by atoms with E-state index in [4.69, 9.17) is 14.2 Å². The molecule has 0 unspecified atom stereocenters. The van der Waals surface area contributed by atoms with Gasteiger partial charge in [-0.1, -0.05) is 67.8 Å². The smallest absolute Gasteiger partial charge is 0.333 e. The van der Waals surface area contributed by atoms with Crippen LogP contribution in [0.5, 0.6) is 5.75 Å². The van der Waals surface area contributed by atoms with E-state index in [1.807, 2.05) is 18.2 Å². The van der Waals surface area contributed by atoms with Gasteiger partial charge in [0, 0.05) is 24.2 Å². The predicted octanol–water partition coefficient (Wildman–Crippen LogP) is 6.89. The van der Waals surface area contributed by atoms with Crippen LogP contribution in [0.3, 0.4) is 0 Å². The summed E-state index contributed by atoms with van der Waals surface area (Å²) in [6.45, 7) is 11.5. The first kappa shape index (κ1) is 31.4. The van der Waals surface area contributed by atoms with Gasteiger partial charge in [0.15, 0.2) is 0 Å². The number of aliphatic hydroxyl groups excluding tert-OH is 1. The van der Waals surface area contributed by atoms with Gasteiger partial charge in [-0.3, -0.25) is 0 Å². The molecule has 0 atom stereocenters. The van der Waals surface area contributed by atoms with E-state index in [2.05, 4.69) is 61.7 Å². The standard InChI is InChI=1S/C35H40O6/c1-25(2)34(37)40-20-8-13-30-23-32(29-17-15-28(16-18-29)27-11-6-5-7-12-27)24-31(33(30)39-22-10-19-36)14-9-21-41-35(38)26(3)4/h5-7,11-12,15-18,23-24,36H,1,3,8-10,13-14,19-22H2,2,4H3. The molecule has 0 saturated heterocycles. The largest absolute Gasteiger partial charge is 0.493 e. The molecular weight excluding hydrogens is 516 g/mol. The molecule has 0 saturated carbocycles. The molecule has 0 aliphatic rings. The van der Waals surface area contributed by atoms with Crippen molar-refractivity contribution in [2.24, 2.45) is 0 Å². The van der Waals surface area contributed by atoms with E-state index in [0.717, 1.165) is 39.1 Å². The van der Waals surface area contributed by atoms with Crippen LogP contribution in [0.1, 0.15) is 44.2 Å². The molecule has 0 radical (unpaired) electrons. The maximum absolute atomic E-state index is 11.8. The van der Waals surface area contributed by atoms with Gasteiger partial charge in [0.05, 0.1) is 19.8 Å². The Kier molecular flexibility index (Phi) is 12.4. The van der Waals surface area contributed by atoms with E-state index in [1.165, 1.54) is 0 Å². The van der Waals surface area contributed by atoms with Crippen LogP contribution < -0.4 is 4.74 Å². The van der Waals surface area contributed by atoms with Crippen molar-refractivity contribution < 1.29 is 28.9 Å². The van der Waals surface area contributed by atoms with Crippen molar-refractivity contribution in [3.8, 4) is 28.0 Å². The highest BCUT2D eigenvalue weighted by molar-refractivity contribution is 5.87. The van der Waals surface area contributed by atoms with E-state index in [0.29, 0.717) is 49.9 Å². The number of ether oxygens (including phenoxy) is 3. The summed E-state index contributed by atoms with van der Waals surface area (Å²) in [6.07, 6.45) is 2.99. The first-order valence-corrected chi connectivity index (χ1v) is 14.0. The van der Waals surface area contributed by atoms with E-state index < -0.39 is 11.9 Å². The lowest BCUT2D eigenvalue weighted by molar-refractivity contribution is -0.139. The van der Waals surface area contributed by atoms with Crippen molar-refractivity contribution >= 4 is 11.9 Å². The molecule has 3 rings (SSSR count). The number of aryl methyl sites for hydroxylation is 2. The maximum atomic E-state index is 11.8. The first-order valence-electron chi connectivity index (χ1n) is 14.0. The summed E-state index contributed by atoms with van der Waals surface area (Å²) in [5.41, 5.74) is 7.13. The molecule has 0 bridgehead atoms. The second-order valence-electron chi connectivity index (χ2n) is 10.0. The van der Waals surface area contributed by atoms with E-state index in [-0.39, 0.29) is 19.8 Å². The fourth-order valence-electron chi connectivity index (χ4n) is 4.30. The van der Waals surface area contributed by atoms with Crippen LogP contribution in [0.15, 0.2) is 91.0 Å². The van der Waals surface area contributed by atoms with Gasteiger partial charge in [0.2, 0.25) is 0 Å². The minimum absolute atomic E-state index is 0.0320. The molecule has 0 spiro atoms. The Morgan fingerprint density at radius 1 is 0.659 bits per heavy atom. The highest BCUT2D eigenvalue weighted by Crippen LogP contribution is 2.34. The summed E-state index contributed by atoms with van der Waals surface area (Å²) in [5, 5.41) is 9.33. The minimum atomic E-state index is -0.401. The summed E-state index contributed by atoms with van der Waals surface area (Å²) in [4.78, 5) is 23.7. The molecule has 0 aliphatic carbocycles. The molecule has 1 N–H and O–H groups in total. The number of benzene rings is 3. The van der Waals surface area contributed by atoms with Crippen molar-refractivity contribution in [1.82, 2.24) is 0 Å². The van der Waals surface area contributed by atoms with Crippen LogP contribution in [0.25, 0.3) is 22.3 Å². The molecule has 6 heteroatoms. The molecule has 0 fully saturated rings. The van der Waals surface area contributed by atoms with Crippen molar-refractivity contribution in [2.45, 2.75) is 46.0 Å². The molecule has 3 aromatic rings. The van der Waals surface area contributed by atoms with Crippen molar-refractivity contribution in [1.29, 1.82) is 0 Å². The SMILES string of the molecule is C=C(C)C(=O)OCCCc1cc(-c2ccc(-c3ccccc3)cc2)cc(CCCOC(=O)C(=C)C)c1OCCCO. The Hall–Kier alpha value is -4.16. The van der Waals surface area contributed by atoms with Crippen LogP contribution in [-0.2, 0) is 31.9 Å². The monoisotopic (exact) mass is 556 g/mol. The van der Waals surface area contributed by atoms with Gasteiger partial charge in [0.25, 0.3) is 0 Å². The fourth-order valence-corrected chi connectivity index (χ4v) is 4.30. The molecule has 216 valence electrons. The van der Waals surface area contributed by atoms with Crippen molar-refractivity contribution in [2.75, 3.05) is 26.4 Å². The first-order chi connectivity index (χ1) is 19.8. The molecule has 41 heavy (non-hydrogen) atoms. The topological polar surface area (TPSA) is 82.1 Å². The molecule has 0 amide bonds. The Balaban J connectivity index is 1.91. The average molecular weight is 557 g/mol. The lowest BCUT2D eigenvalue weighted by atomic mass is 9.93. The van der Waals surface area contributed by atoms with E-state index in [9.17, 15) is 14.7 Å². The summed E-state index contributed by atoms with van der Waals surface area (Å²) >= 11 is 0. The second-order valence-corrected chi connectivity index (χ2v) is 10.0. The third-order valence-corrected chi connectivity index (χ3v) is 6.46.